The van der Waals surface area contributed by atoms with Gasteiger partial charge in [-0.3, -0.25) is 4.90 Å². The average molecular weight is 476 g/mol. The fourth-order valence-corrected chi connectivity index (χ4v) is 5.04. The van der Waals surface area contributed by atoms with Gasteiger partial charge in [-0.1, -0.05) is 84.4 Å². The van der Waals surface area contributed by atoms with Gasteiger partial charge in [0.2, 0.25) is 0 Å². The average Bonchev–Trinajstić information content (AvgIpc) is 2.86. The lowest BCUT2D eigenvalue weighted by molar-refractivity contribution is 0.0725. The highest BCUT2D eigenvalue weighted by Gasteiger charge is 2.32. The van der Waals surface area contributed by atoms with E-state index in [1.807, 2.05) is 29.2 Å². The number of carbonyl (C=O) groups is 1. The highest BCUT2D eigenvalue weighted by molar-refractivity contribution is 6.33. The van der Waals surface area contributed by atoms with Crippen molar-refractivity contribution in [2.24, 2.45) is 0 Å². The third-order valence-electron chi connectivity index (χ3n) is 6.71. The zero-order valence-electron chi connectivity index (χ0n) is 20.2. The normalized spacial score (nSPS) is 16.4. The number of piperazine rings is 1. The van der Waals surface area contributed by atoms with Gasteiger partial charge in [0, 0.05) is 49.9 Å². The van der Waals surface area contributed by atoms with Crippen LogP contribution >= 0.6 is 11.6 Å². The van der Waals surface area contributed by atoms with Crippen LogP contribution in [-0.4, -0.2) is 59.5 Å². The quantitative estimate of drug-likeness (QED) is 0.407. The number of rotatable bonds is 7. The second-order valence-electron chi connectivity index (χ2n) is 8.90. The smallest absolute Gasteiger partial charge is 0.320 e. The molecule has 1 fully saturated rings. The number of hydrogen-bond donors (Lipinski definition) is 0. The summed E-state index contributed by atoms with van der Waals surface area (Å²) in [6.07, 6.45) is 0.871. The van der Waals surface area contributed by atoms with Crippen molar-refractivity contribution in [3.8, 4) is 11.1 Å². The molecule has 1 saturated heterocycles. The van der Waals surface area contributed by atoms with Gasteiger partial charge in [-0.15, -0.1) is 0 Å². The summed E-state index contributed by atoms with van der Waals surface area (Å²) in [5.74, 6) is 0. The summed E-state index contributed by atoms with van der Waals surface area (Å²) < 4.78 is 0. The van der Waals surface area contributed by atoms with Crippen LogP contribution in [0.1, 0.15) is 25.0 Å². The van der Waals surface area contributed by atoms with Crippen molar-refractivity contribution >= 4 is 17.6 Å². The van der Waals surface area contributed by atoms with E-state index in [1.165, 1.54) is 11.1 Å². The van der Waals surface area contributed by atoms with Crippen LogP contribution in [0, 0.1) is 0 Å². The zero-order chi connectivity index (χ0) is 23.9. The highest BCUT2D eigenvalue weighted by atomic mass is 35.5. The number of urea groups is 1. The van der Waals surface area contributed by atoms with Gasteiger partial charge in [0.05, 0.1) is 6.04 Å². The number of benzene rings is 3. The highest BCUT2D eigenvalue weighted by Crippen LogP contribution is 2.28. The predicted molar refractivity (Wildman–Crippen MR) is 141 cm³/mol. The first-order chi connectivity index (χ1) is 16.6. The Kier molecular flexibility index (Phi) is 8.25. The van der Waals surface area contributed by atoms with Gasteiger partial charge in [0.1, 0.15) is 0 Å². The molecule has 1 heterocycles. The van der Waals surface area contributed by atoms with Gasteiger partial charge in [-0.05, 0) is 43.0 Å². The molecule has 34 heavy (non-hydrogen) atoms. The summed E-state index contributed by atoms with van der Waals surface area (Å²) in [4.78, 5) is 19.8. The molecule has 0 saturated carbocycles. The molecule has 0 aliphatic carbocycles. The summed E-state index contributed by atoms with van der Waals surface area (Å²) in [5, 5.41) is 0.771. The van der Waals surface area contributed by atoms with Crippen LogP contribution in [0.2, 0.25) is 5.02 Å². The molecule has 0 bridgehead atoms. The van der Waals surface area contributed by atoms with Crippen molar-refractivity contribution in [1.29, 1.82) is 0 Å². The summed E-state index contributed by atoms with van der Waals surface area (Å²) in [6, 6.07) is 27.5. The summed E-state index contributed by atoms with van der Waals surface area (Å²) in [6.45, 7) is 8.97. The third-order valence-corrected chi connectivity index (χ3v) is 7.04. The molecular weight excluding hydrogens is 442 g/mol. The van der Waals surface area contributed by atoms with Gasteiger partial charge >= 0.3 is 6.03 Å². The first kappa shape index (κ1) is 24.3. The Labute approximate surface area is 208 Å². The minimum Gasteiger partial charge on any atom is -0.325 e. The minimum atomic E-state index is 0.159. The van der Waals surface area contributed by atoms with E-state index >= 15 is 0 Å². The zero-order valence-corrected chi connectivity index (χ0v) is 20.9. The van der Waals surface area contributed by atoms with Gasteiger partial charge < -0.3 is 9.80 Å². The summed E-state index contributed by atoms with van der Waals surface area (Å²) >= 11 is 6.38. The Morgan fingerprint density at radius 3 is 2.24 bits per heavy atom. The molecule has 1 aliphatic heterocycles. The SMILES string of the molecule is CCN(CC)C(=O)N1CCN(Cc2ccc(-c3ccccc3Cl)cc2)CC1Cc1ccccc1. The Bertz CT molecular complexity index is 1070. The third kappa shape index (κ3) is 5.81. The molecule has 4 rings (SSSR count). The lowest BCUT2D eigenvalue weighted by atomic mass is 10.0. The molecule has 0 spiro atoms. The fraction of sp³-hybridized carbons (Fsp3) is 0.345. The lowest BCUT2D eigenvalue weighted by Gasteiger charge is -2.43. The van der Waals surface area contributed by atoms with Crippen molar-refractivity contribution in [2.75, 3.05) is 32.7 Å². The largest absolute Gasteiger partial charge is 0.325 e. The first-order valence-corrected chi connectivity index (χ1v) is 12.6. The van der Waals surface area contributed by atoms with E-state index < -0.39 is 0 Å². The molecule has 1 unspecified atom stereocenters. The Morgan fingerprint density at radius 1 is 0.882 bits per heavy atom. The molecule has 0 aromatic heterocycles. The Morgan fingerprint density at radius 2 is 1.56 bits per heavy atom. The molecule has 3 aromatic carbocycles. The minimum absolute atomic E-state index is 0.159. The molecule has 2 amide bonds. The standard InChI is InChI=1S/C29H34ClN3O/c1-3-32(4-2)29(34)33-19-18-31(22-26(33)20-23-10-6-5-7-11-23)21-24-14-16-25(17-15-24)27-12-8-9-13-28(27)30/h5-17,26H,3-4,18-22H2,1-2H3. The second kappa shape index (κ2) is 11.5. The Hall–Kier alpha value is -2.82. The molecule has 4 nitrogen and oxygen atoms in total. The number of halogens is 1. The predicted octanol–water partition coefficient (Wildman–Crippen LogP) is 6.20. The first-order valence-electron chi connectivity index (χ1n) is 12.2. The van der Waals surface area contributed by atoms with Crippen LogP contribution < -0.4 is 0 Å². The summed E-state index contributed by atoms with van der Waals surface area (Å²) in [5.41, 5.74) is 4.74. The van der Waals surface area contributed by atoms with Crippen molar-refractivity contribution in [3.05, 3.63) is 95.0 Å². The van der Waals surface area contributed by atoms with Gasteiger partial charge in [0.15, 0.2) is 0 Å². The molecule has 1 aliphatic rings. The van der Waals surface area contributed by atoms with E-state index in [1.54, 1.807) is 0 Å². The molecule has 3 aromatic rings. The van der Waals surface area contributed by atoms with Crippen LogP contribution in [0.5, 0.6) is 0 Å². The van der Waals surface area contributed by atoms with Crippen molar-refractivity contribution in [1.82, 2.24) is 14.7 Å². The molecule has 5 heteroatoms. The summed E-state index contributed by atoms with van der Waals surface area (Å²) in [7, 11) is 0. The van der Waals surface area contributed by atoms with Crippen molar-refractivity contribution < 1.29 is 4.79 Å². The second-order valence-corrected chi connectivity index (χ2v) is 9.31. The van der Waals surface area contributed by atoms with Crippen LogP contribution in [0.15, 0.2) is 78.9 Å². The lowest BCUT2D eigenvalue weighted by Crippen LogP contribution is -2.58. The van der Waals surface area contributed by atoms with Crippen LogP contribution in [-0.2, 0) is 13.0 Å². The number of amides is 2. The van der Waals surface area contributed by atoms with Crippen LogP contribution in [0.25, 0.3) is 11.1 Å². The maximum absolute atomic E-state index is 13.2. The van der Waals surface area contributed by atoms with E-state index in [4.69, 9.17) is 11.6 Å². The van der Waals surface area contributed by atoms with Crippen LogP contribution in [0.3, 0.4) is 0 Å². The van der Waals surface area contributed by atoms with E-state index in [-0.39, 0.29) is 12.1 Å². The molecule has 178 valence electrons. The van der Waals surface area contributed by atoms with Gasteiger partial charge in [-0.2, -0.15) is 0 Å². The van der Waals surface area contributed by atoms with Crippen molar-refractivity contribution in [3.63, 3.8) is 0 Å². The molecule has 1 atom stereocenters. The van der Waals surface area contributed by atoms with E-state index in [2.05, 4.69) is 78.2 Å². The number of nitrogens with zero attached hydrogens (tertiary/aromatic N) is 3. The molecule has 0 radical (unpaired) electrons. The monoisotopic (exact) mass is 475 g/mol. The van der Waals surface area contributed by atoms with E-state index in [0.717, 1.165) is 61.8 Å². The number of hydrogen-bond acceptors (Lipinski definition) is 2. The maximum atomic E-state index is 13.2. The molecular formula is C29H34ClN3O. The maximum Gasteiger partial charge on any atom is 0.320 e. The molecule has 0 N–H and O–H groups in total. The van der Waals surface area contributed by atoms with Crippen LogP contribution in [0.4, 0.5) is 4.79 Å². The van der Waals surface area contributed by atoms with Crippen molar-refractivity contribution in [2.45, 2.75) is 32.9 Å². The van der Waals surface area contributed by atoms with Gasteiger partial charge in [0.25, 0.3) is 0 Å². The van der Waals surface area contributed by atoms with E-state index in [0.29, 0.717) is 0 Å². The fourth-order valence-electron chi connectivity index (χ4n) is 4.79. The topological polar surface area (TPSA) is 26.8 Å². The number of carbonyl (C=O) groups excluding carboxylic acids is 1. The Balaban J connectivity index is 1.47. The van der Waals surface area contributed by atoms with E-state index in [9.17, 15) is 4.79 Å². The van der Waals surface area contributed by atoms with Gasteiger partial charge in [-0.25, -0.2) is 4.79 Å².